The largest absolute Gasteiger partial charge is 0.384 e. The van der Waals surface area contributed by atoms with Crippen LogP contribution in [0.15, 0.2) is 30.3 Å². The molecule has 94 valence electrons. The van der Waals surface area contributed by atoms with E-state index in [1.165, 1.54) is 5.56 Å². The average molecular weight is 241 g/mol. The van der Waals surface area contributed by atoms with Gasteiger partial charge in [0, 0.05) is 11.4 Å². The van der Waals surface area contributed by atoms with Gasteiger partial charge in [-0.3, -0.25) is 4.98 Å². The summed E-state index contributed by atoms with van der Waals surface area (Å²) in [5, 5.41) is 10.5. The molecule has 0 fully saturated rings. The van der Waals surface area contributed by atoms with Gasteiger partial charge in [0.15, 0.2) is 0 Å². The quantitative estimate of drug-likeness (QED) is 0.874. The fourth-order valence-corrected chi connectivity index (χ4v) is 2.27. The van der Waals surface area contributed by atoms with Gasteiger partial charge in [-0.1, -0.05) is 18.2 Å². The first-order valence-corrected chi connectivity index (χ1v) is 6.18. The van der Waals surface area contributed by atoms with Gasteiger partial charge in [-0.15, -0.1) is 0 Å². The second-order valence-corrected chi connectivity index (χ2v) is 4.87. The van der Waals surface area contributed by atoms with E-state index in [-0.39, 0.29) is 0 Å². The number of hydrogen-bond acceptors (Lipinski definition) is 2. The molecule has 1 N–H and O–H groups in total. The molecule has 1 aromatic carbocycles. The molecule has 0 saturated heterocycles. The van der Waals surface area contributed by atoms with Gasteiger partial charge in [-0.25, -0.2) is 0 Å². The Morgan fingerprint density at radius 3 is 2.22 bits per heavy atom. The lowest BCUT2D eigenvalue weighted by Gasteiger charge is -2.16. The van der Waals surface area contributed by atoms with Crippen LogP contribution in [0, 0.1) is 27.7 Å². The Kier molecular flexibility index (Phi) is 3.48. The normalized spacial score (nSPS) is 12.5. The van der Waals surface area contributed by atoms with E-state index in [4.69, 9.17) is 0 Å². The van der Waals surface area contributed by atoms with Crippen molar-refractivity contribution in [3.8, 4) is 0 Å². The van der Waals surface area contributed by atoms with Crippen LogP contribution in [0.3, 0.4) is 0 Å². The Morgan fingerprint density at radius 1 is 1.00 bits per heavy atom. The summed E-state index contributed by atoms with van der Waals surface area (Å²) in [6.07, 6.45) is -0.578. The van der Waals surface area contributed by atoms with E-state index in [0.29, 0.717) is 0 Å². The smallest absolute Gasteiger partial charge is 0.104 e. The zero-order chi connectivity index (χ0) is 13.3. The van der Waals surface area contributed by atoms with Crippen LogP contribution in [0.2, 0.25) is 0 Å². The number of nitrogens with zero attached hydrogens (tertiary/aromatic N) is 1. The maximum atomic E-state index is 10.5. The van der Waals surface area contributed by atoms with E-state index >= 15 is 0 Å². The van der Waals surface area contributed by atoms with Crippen molar-refractivity contribution in [1.29, 1.82) is 0 Å². The Balaban J connectivity index is 2.47. The first kappa shape index (κ1) is 12.8. The van der Waals surface area contributed by atoms with Gasteiger partial charge in [-0.05, 0) is 62.1 Å². The topological polar surface area (TPSA) is 33.1 Å². The highest BCUT2D eigenvalue weighted by molar-refractivity contribution is 5.39. The Morgan fingerprint density at radius 2 is 1.61 bits per heavy atom. The van der Waals surface area contributed by atoms with Gasteiger partial charge in [-0.2, -0.15) is 0 Å². The standard InChI is InChI=1S/C16H19NO/c1-10-6-5-7-15(13(10)4)16(18)14-8-11(2)17-12(3)9-14/h5-9,16,18H,1-4H3. The van der Waals surface area contributed by atoms with E-state index < -0.39 is 6.10 Å². The van der Waals surface area contributed by atoms with E-state index in [1.54, 1.807) is 0 Å². The molecule has 0 bridgehead atoms. The van der Waals surface area contributed by atoms with Crippen LogP contribution in [0.5, 0.6) is 0 Å². The zero-order valence-electron chi connectivity index (χ0n) is 11.4. The summed E-state index contributed by atoms with van der Waals surface area (Å²) in [4.78, 5) is 4.34. The van der Waals surface area contributed by atoms with Crippen LogP contribution in [0.4, 0.5) is 0 Å². The molecular formula is C16H19NO. The Labute approximate surface area is 108 Å². The highest BCUT2D eigenvalue weighted by atomic mass is 16.3. The lowest BCUT2D eigenvalue weighted by Crippen LogP contribution is -2.04. The fraction of sp³-hybridized carbons (Fsp3) is 0.312. The molecule has 0 aliphatic carbocycles. The van der Waals surface area contributed by atoms with E-state index in [0.717, 1.165) is 28.1 Å². The average Bonchev–Trinajstić information content (AvgIpc) is 2.30. The molecule has 1 heterocycles. The molecule has 0 amide bonds. The summed E-state index contributed by atoms with van der Waals surface area (Å²) in [7, 11) is 0. The van der Waals surface area contributed by atoms with Gasteiger partial charge >= 0.3 is 0 Å². The highest BCUT2D eigenvalue weighted by Gasteiger charge is 2.14. The number of aryl methyl sites for hydroxylation is 3. The van der Waals surface area contributed by atoms with Crippen molar-refractivity contribution in [3.63, 3.8) is 0 Å². The third-order valence-corrected chi connectivity index (χ3v) is 3.36. The summed E-state index contributed by atoms with van der Waals surface area (Å²) in [6, 6.07) is 9.92. The number of rotatable bonds is 2. The van der Waals surface area contributed by atoms with Crippen molar-refractivity contribution in [3.05, 3.63) is 64.0 Å². The predicted molar refractivity (Wildman–Crippen MR) is 73.7 cm³/mol. The molecule has 0 spiro atoms. The molecule has 1 unspecified atom stereocenters. The highest BCUT2D eigenvalue weighted by Crippen LogP contribution is 2.26. The fourth-order valence-electron chi connectivity index (χ4n) is 2.27. The molecule has 2 heteroatoms. The van der Waals surface area contributed by atoms with Crippen molar-refractivity contribution in [1.82, 2.24) is 4.98 Å². The maximum Gasteiger partial charge on any atom is 0.104 e. The summed E-state index contributed by atoms with van der Waals surface area (Å²) in [6.45, 7) is 8.02. The molecule has 2 aromatic rings. The van der Waals surface area contributed by atoms with Crippen molar-refractivity contribution >= 4 is 0 Å². The zero-order valence-corrected chi connectivity index (χ0v) is 11.4. The number of pyridine rings is 1. The lowest BCUT2D eigenvalue weighted by atomic mass is 9.94. The molecule has 1 aromatic heterocycles. The molecule has 2 rings (SSSR count). The molecule has 0 saturated carbocycles. The van der Waals surface area contributed by atoms with Crippen molar-refractivity contribution in [2.24, 2.45) is 0 Å². The third-order valence-electron chi connectivity index (χ3n) is 3.36. The van der Waals surface area contributed by atoms with Crippen LogP contribution >= 0.6 is 0 Å². The molecule has 2 nitrogen and oxygen atoms in total. The molecule has 1 atom stereocenters. The SMILES string of the molecule is Cc1cc(C(O)c2cccc(C)c2C)cc(C)n1. The predicted octanol–water partition coefficient (Wildman–Crippen LogP) is 3.40. The van der Waals surface area contributed by atoms with Gasteiger partial charge < -0.3 is 5.11 Å². The maximum absolute atomic E-state index is 10.5. The van der Waals surface area contributed by atoms with Crippen LogP contribution in [-0.4, -0.2) is 10.1 Å². The van der Waals surface area contributed by atoms with Crippen molar-refractivity contribution < 1.29 is 5.11 Å². The van der Waals surface area contributed by atoms with Crippen molar-refractivity contribution in [2.45, 2.75) is 33.8 Å². The monoisotopic (exact) mass is 241 g/mol. The minimum Gasteiger partial charge on any atom is -0.384 e. The van der Waals surface area contributed by atoms with Crippen LogP contribution in [0.25, 0.3) is 0 Å². The number of hydrogen-bond donors (Lipinski definition) is 1. The van der Waals surface area contributed by atoms with Gasteiger partial charge in [0.25, 0.3) is 0 Å². The minimum absolute atomic E-state index is 0.578. The Hall–Kier alpha value is -1.67. The van der Waals surface area contributed by atoms with Gasteiger partial charge in [0.05, 0.1) is 0 Å². The molecule has 18 heavy (non-hydrogen) atoms. The first-order valence-electron chi connectivity index (χ1n) is 6.18. The molecular weight excluding hydrogens is 222 g/mol. The number of aliphatic hydroxyl groups excluding tert-OH is 1. The van der Waals surface area contributed by atoms with Crippen LogP contribution in [-0.2, 0) is 0 Å². The lowest BCUT2D eigenvalue weighted by molar-refractivity contribution is 0.219. The summed E-state index contributed by atoms with van der Waals surface area (Å²) in [5.74, 6) is 0. The minimum atomic E-state index is -0.578. The summed E-state index contributed by atoms with van der Waals surface area (Å²) in [5.41, 5.74) is 6.11. The van der Waals surface area contributed by atoms with Gasteiger partial charge in [0.2, 0.25) is 0 Å². The van der Waals surface area contributed by atoms with E-state index in [1.807, 2.05) is 38.1 Å². The number of aliphatic hydroxyl groups is 1. The molecule has 0 radical (unpaired) electrons. The van der Waals surface area contributed by atoms with Crippen LogP contribution in [0.1, 0.15) is 39.7 Å². The third kappa shape index (κ3) is 2.44. The summed E-state index contributed by atoms with van der Waals surface area (Å²) < 4.78 is 0. The summed E-state index contributed by atoms with van der Waals surface area (Å²) >= 11 is 0. The second-order valence-electron chi connectivity index (χ2n) is 4.87. The Bertz CT molecular complexity index is 555. The van der Waals surface area contributed by atoms with Crippen LogP contribution < -0.4 is 0 Å². The van der Waals surface area contributed by atoms with E-state index in [9.17, 15) is 5.11 Å². The van der Waals surface area contributed by atoms with E-state index in [2.05, 4.69) is 24.9 Å². The van der Waals surface area contributed by atoms with Crippen molar-refractivity contribution in [2.75, 3.05) is 0 Å². The number of aromatic nitrogens is 1. The number of benzene rings is 1. The first-order chi connectivity index (χ1) is 8.49. The second kappa shape index (κ2) is 4.91. The van der Waals surface area contributed by atoms with Gasteiger partial charge in [0.1, 0.15) is 6.10 Å². The molecule has 0 aliphatic rings. The molecule has 0 aliphatic heterocycles.